The van der Waals surface area contributed by atoms with Crippen LogP contribution in [0, 0.1) is 0 Å². The molecule has 4 amide bonds. The minimum atomic E-state index is -0.943. The quantitative estimate of drug-likeness (QED) is 0.00563. The van der Waals surface area contributed by atoms with E-state index in [9.17, 15) is 47.9 Å². The van der Waals surface area contributed by atoms with Crippen molar-refractivity contribution in [3.05, 3.63) is 254 Å². The fourth-order valence-corrected chi connectivity index (χ4v) is 10.5. The molecule has 0 bridgehead atoms. The maximum absolute atomic E-state index is 12.3. The van der Waals surface area contributed by atoms with Gasteiger partial charge in [0.15, 0.2) is 24.8 Å². The number of aliphatic hydroxyl groups excluding tert-OH is 1. The van der Waals surface area contributed by atoms with Crippen LogP contribution in [0.15, 0.2) is 251 Å². The number of ether oxygens (including phenoxy) is 9. The van der Waals surface area contributed by atoms with Crippen molar-refractivity contribution < 1.29 is 179 Å². The summed E-state index contributed by atoms with van der Waals surface area (Å²) in [4.78, 5) is 119. The summed E-state index contributed by atoms with van der Waals surface area (Å²) >= 11 is 4.81. The molecular weight excluding hydrogens is 1650 g/mol. The largest absolute Gasteiger partial charge is 1.00 e. The zero-order valence-corrected chi connectivity index (χ0v) is 73.7. The number of furan rings is 6. The third-order valence-electron chi connectivity index (χ3n) is 16.6. The normalized spacial score (nSPS) is 16.7. The smallest absolute Gasteiger partial charge is 0.870 e. The Kier molecular flexibility index (Phi) is 49.5. The number of carbonyl (C=O) groups is 10. The Morgan fingerprint density at radius 3 is 1.12 bits per heavy atom. The molecule has 0 unspecified atom stereocenters. The second-order valence-electron chi connectivity index (χ2n) is 24.8. The summed E-state index contributed by atoms with van der Waals surface area (Å²) in [6.07, 6.45) is 8.08. The zero-order chi connectivity index (χ0) is 88.2. The number of nitrogens with one attached hydrogen (secondary N) is 2. The van der Waals surface area contributed by atoms with Gasteiger partial charge in [-0.15, -0.1) is 0 Å². The topological polar surface area (TPSA) is 455 Å². The Morgan fingerprint density at radius 2 is 0.846 bits per heavy atom. The third-order valence-corrected chi connectivity index (χ3v) is 16.7. The molecule has 36 heteroatoms. The number of amides is 4. The number of aldehydes is 1. The van der Waals surface area contributed by atoms with Gasteiger partial charge in [0.25, 0.3) is 28.9 Å². The number of esters is 4. The maximum Gasteiger partial charge on any atom is 1.00 e. The molecule has 0 aliphatic carbocycles. The van der Waals surface area contributed by atoms with Crippen molar-refractivity contribution in [3.8, 4) is 23.0 Å². The maximum atomic E-state index is 12.3. The van der Waals surface area contributed by atoms with Crippen LogP contribution in [0.2, 0.25) is 0 Å². The van der Waals surface area contributed by atoms with Crippen LogP contribution in [-0.2, 0) is 66.8 Å². The van der Waals surface area contributed by atoms with Gasteiger partial charge in [-0.05, 0) is 208 Å². The molecule has 123 heavy (non-hydrogen) atoms. The number of benzene rings is 4. The second-order valence-corrected chi connectivity index (χ2v) is 25.2. The molecule has 10 heterocycles. The van der Waals surface area contributed by atoms with Crippen LogP contribution in [-0.4, -0.2) is 167 Å². The molecule has 8 atom stereocenters. The van der Waals surface area contributed by atoms with Crippen molar-refractivity contribution in [2.75, 3.05) is 77.3 Å². The molecule has 0 radical (unpaired) electrons. The Morgan fingerprint density at radius 1 is 0.504 bits per heavy atom. The van der Waals surface area contributed by atoms with E-state index in [1.807, 2.05) is 48.5 Å². The summed E-state index contributed by atoms with van der Waals surface area (Å²) in [6, 6.07) is 48.1. The van der Waals surface area contributed by atoms with Crippen LogP contribution in [0.1, 0.15) is 126 Å². The van der Waals surface area contributed by atoms with Crippen LogP contribution in [0.3, 0.4) is 0 Å². The molecule has 4 aliphatic rings. The molecule has 4 saturated heterocycles. The number of methoxy groups -OCH3 is 5. The molecule has 14 rings (SSSR count). The first-order valence-corrected chi connectivity index (χ1v) is 37.2. The molecule has 6 N–H and O–H groups in total. The van der Waals surface area contributed by atoms with E-state index in [4.69, 9.17) is 77.7 Å². The molecule has 4 aromatic carbocycles. The van der Waals surface area contributed by atoms with E-state index in [-0.39, 0.29) is 107 Å². The van der Waals surface area contributed by atoms with Crippen LogP contribution in [0.4, 0.5) is 22.7 Å². The third kappa shape index (κ3) is 35.3. The van der Waals surface area contributed by atoms with E-state index in [0.29, 0.717) is 58.0 Å². The number of carbonyl (C=O) groups excluding carboxylic acids is 10. The molecule has 0 spiro atoms. The molecule has 0 saturated carbocycles. The summed E-state index contributed by atoms with van der Waals surface area (Å²) in [6.45, 7) is 20.1. The SMILES string of the molecule is C.C=C(C)OC.CC(=O)OCC(=O)Cl.CC(=O)O[C@H]1C(=O)N[C@H]1c1ccco1.CCN(CC)CC.COc1ccc(N)cc1.COc1ccc(N2C(=O)[C@H](OC(C)=O)[C@@H]2c2ccco2)cc1.COc1ccc(N2C(=O)[C@H](OC(C)=O)[C@@H]2c2ccco2)cc1.COc1ccc(N=Cc2ccco2)cc1.O=C1N[C@@H](c2ccco2)[C@H]1O.O=Cc1ccco1.[K+].[OH-]. The van der Waals surface area contributed by atoms with Gasteiger partial charge in [0.1, 0.15) is 76.0 Å². The van der Waals surface area contributed by atoms with Gasteiger partial charge < -0.3 is 101 Å². The number of hydrogen-bond donors (Lipinski definition) is 4. The molecule has 34 nitrogen and oxygen atoms in total. The number of aliphatic hydroxyl groups is 1. The fraction of sp³-hybridized carbons (Fsp3) is 0.299. The van der Waals surface area contributed by atoms with Crippen molar-refractivity contribution in [2.24, 2.45) is 4.99 Å². The van der Waals surface area contributed by atoms with Crippen LogP contribution < -0.4 is 96.5 Å². The number of anilines is 3. The molecule has 6 aromatic heterocycles. The Bertz CT molecular complexity index is 4600. The Balaban J connectivity index is 0.000000477. The van der Waals surface area contributed by atoms with Gasteiger partial charge in [-0.3, -0.25) is 62.7 Å². The van der Waals surface area contributed by atoms with Gasteiger partial charge in [-0.2, -0.15) is 0 Å². The van der Waals surface area contributed by atoms with Crippen molar-refractivity contribution >= 4 is 99.6 Å². The summed E-state index contributed by atoms with van der Waals surface area (Å²) in [5.41, 5.74) is 8.43. The fourth-order valence-electron chi connectivity index (χ4n) is 10.4. The van der Waals surface area contributed by atoms with Crippen molar-refractivity contribution in [1.82, 2.24) is 15.5 Å². The summed E-state index contributed by atoms with van der Waals surface area (Å²) < 4.78 is 74.6. The van der Waals surface area contributed by atoms with Crippen molar-refractivity contribution in [2.45, 2.75) is 111 Å². The standard InChI is InChI=1S/2C16H15NO5.C12H11NO2.C9H9NO4.C7H7NO3.C7H9NO.C6H15N.C5H4O2.C4H5ClO3.C4H8O.CH4.K.H2O/c2*1-10(18)22-15-14(13-4-3-9-21-13)17(16(15)19)11-5-7-12(20-2)8-6-11;1-14-11-6-4-10(5-7-11)13-9-12-3-2-8-15-12;1-5(11)14-8-7(10-9(8)12)6-3-2-4-13-6;9-6-5(8-7(6)10)4-2-1-3-11-4;1-9-7-4-2-6(8)3-5-7;1-4-7(5-2)6-3;6-4-5-2-1-3-7-5;1-3(6)8-2-4(5)7;1-4(2)5-3;;;/h2*3-9,14-15H,1-2H3;2-9H,1H3;2-4,7-8H,1H3,(H,10,12);1-3,5-6,9H,(H,8,10);2-5H,8H2,1H3;4-6H2,1-3H3;1-4H;2H2,1H3;1H2,2-3H3;1H4;;1H2/q;;;;;;;;;;;+1;/p-1/t2*14-,15+;;7-,8+;5-,6+;;;;;;;;/m00.00......../s1. The van der Waals surface area contributed by atoms with E-state index >= 15 is 0 Å². The number of allylic oxidation sites excluding steroid dienone is 1. The molecule has 4 aliphatic heterocycles. The number of β-lactam (4-membered cyclic amide) rings is 4. The number of nitrogen functional groups attached to an aromatic ring is 1. The monoisotopic (exact) mass is 1750 g/mol. The molecule has 656 valence electrons. The van der Waals surface area contributed by atoms with Crippen LogP contribution in [0.5, 0.6) is 23.0 Å². The van der Waals surface area contributed by atoms with Gasteiger partial charge in [0.2, 0.25) is 18.3 Å². The van der Waals surface area contributed by atoms with Gasteiger partial charge in [0.05, 0.1) is 90.8 Å². The van der Waals surface area contributed by atoms with E-state index in [1.165, 1.54) is 78.6 Å². The number of hydrogen-bond acceptors (Lipinski definition) is 30. The average Bonchev–Trinajstić information content (AvgIpc) is 1.41. The minimum Gasteiger partial charge on any atom is -0.870 e. The van der Waals surface area contributed by atoms with E-state index in [1.54, 1.807) is 186 Å². The summed E-state index contributed by atoms with van der Waals surface area (Å²) in [5.74, 6) is 4.11. The van der Waals surface area contributed by atoms with Crippen molar-refractivity contribution in [1.29, 1.82) is 0 Å². The first-order chi connectivity index (χ1) is 57.6. The molecule has 10 aromatic rings. The first-order valence-electron chi connectivity index (χ1n) is 36.8. The van der Waals surface area contributed by atoms with E-state index in [2.05, 4.69) is 61.8 Å². The Hall–Kier alpha value is -12.3. The predicted molar refractivity (Wildman–Crippen MR) is 448 cm³/mol. The van der Waals surface area contributed by atoms with Gasteiger partial charge in [0, 0.05) is 44.8 Å². The van der Waals surface area contributed by atoms with Gasteiger partial charge in [-0.25, -0.2) is 0 Å². The van der Waals surface area contributed by atoms with Crippen molar-refractivity contribution in [3.63, 3.8) is 0 Å². The van der Waals surface area contributed by atoms with Gasteiger partial charge in [-0.1, -0.05) is 34.8 Å². The second kappa shape index (κ2) is 57.1. The first kappa shape index (κ1) is 107. The van der Waals surface area contributed by atoms with E-state index < -0.39 is 65.6 Å². The number of rotatable bonds is 22. The van der Waals surface area contributed by atoms with Gasteiger partial charge >= 0.3 is 75.3 Å². The summed E-state index contributed by atoms with van der Waals surface area (Å²) in [5, 5.41) is 13.5. The number of nitrogens with two attached hydrogens (primary N) is 1. The van der Waals surface area contributed by atoms with Crippen LogP contribution in [0.25, 0.3) is 0 Å². The molecular formula is C87H103ClKN7O27. The summed E-state index contributed by atoms with van der Waals surface area (Å²) in [7, 11) is 8.02. The average molecular weight is 1750 g/mol. The number of nitrogens with zero attached hydrogens (tertiary/aromatic N) is 4. The zero-order valence-electron chi connectivity index (χ0n) is 69.8. The molecule has 4 fully saturated rings. The predicted octanol–water partition coefficient (Wildman–Crippen LogP) is 10.5. The number of halogens is 1. The minimum absolute atomic E-state index is 0. The van der Waals surface area contributed by atoms with Crippen LogP contribution >= 0.6 is 11.6 Å². The number of aliphatic imine (C=N–C) groups is 1. The van der Waals surface area contributed by atoms with E-state index in [0.717, 1.165) is 34.4 Å². The Labute approximate surface area is 759 Å².